The first-order chi connectivity index (χ1) is 14.6. The zero-order valence-corrected chi connectivity index (χ0v) is 18.7. The molecule has 0 spiro atoms. The van der Waals surface area contributed by atoms with Crippen LogP contribution in [0.2, 0.25) is 5.02 Å². The average molecular weight is 482 g/mol. The molecule has 1 aliphatic rings. The highest BCUT2D eigenvalue weighted by Gasteiger charge is 2.49. The van der Waals surface area contributed by atoms with E-state index in [-0.39, 0.29) is 16.5 Å². The Balaban J connectivity index is 2.24. The van der Waals surface area contributed by atoms with Gasteiger partial charge in [-0.2, -0.15) is 13.2 Å². The smallest absolute Gasteiger partial charge is 0.430 e. The van der Waals surface area contributed by atoms with Gasteiger partial charge in [0.05, 0.1) is 5.57 Å². The van der Waals surface area contributed by atoms with E-state index in [0.717, 1.165) is 13.1 Å². The first kappa shape index (κ1) is 25.9. The maximum Gasteiger partial charge on any atom is 0.430 e. The summed E-state index contributed by atoms with van der Waals surface area (Å²) in [7, 11) is 1.10. The fourth-order valence-corrected chi connectivity index (χ4v) is 3.27. The molecule has 12 heteroatoms. The summed E-state index contributed by atoms with van der Waals surface area (Å²) in [6, 6.07) is 2.82. The van der Waals surface area contributed by atoms with Crippen LogP contribution in [-0.4, -0.2) is 54.6 Å². The molecule has 8 nitrogen and oxygen atoms in total. The standard InChI is InChI=1S/C20H23ClF3NO7/c1-10(32-25(5)28)17(26)29-9-30-18(27)12-6-11-7-14(21)13(19(2,3)4)8-15(11)31-16(12)20(22,23)24/h6-8,10,16,28H,9H2,1-5H3/t10?,16-/m0/s1. The molecule has 178 valence electrons. The van der Waals surface area contributed by atoms with Crippen LogP contribution >= 0.6 is 11.6 Å². The molecule has 0 amide bonds. The molecule has 1 heterocycles. The number of benzene rings is 1. The molecule has 0 saturated heterocycles. The van der Waals surface area contributed by atoms with Gasteiger partial charge in [0.25, 0.3) is 0 Å². The highest BCUT2D eigenvalue weighted by atomic mass is 35.5. The highest BCUT2D eigenvalue weighted by Crippen LogP contribution is 2.42. The minimum atomic E-state index is -4.92. The quantitative estimate of drug-likeness (QED) is 0.370. The lowest BCUT2D eigenvalue weighted by molar-refractivity contribution is -0.339. The van der Waals surface area contributed by atoms with Crippen molar-refractivity contribution in [3.63, 3.8) is 0 Å². The van der Waals surface area contributed by atoms with Gasteiger partial charge in [-0.1, -0.05) is 37.6 Å². The van der Waals surface area contributed by atoms with E-state index in [1.54, 1.807) is 0 Å². The summed E-state index contributed by atoms with van der Waals surface area (Å²) in [6.07, 6.45) is -7.78. The lowest BCUT2D eigenvalue weighted by Crippen LogP contribution is -2.41. The number of halogens is 4. The van der Waals surface area contributed by atoms with Crippen LogP contribution in [0.15, 0.2) is 17.7 Å². The number of carbonyl (C=O) groups is 2. The molecule has 2 atom stereocenters. The van der Waals surface area contributed by atoms with E-state index in [0.29, 0.717) is 10.6 Å². The van der Waals surface area contributed by atoms with Gasteiger partial charge in [-0.3, -0.25) is 10.0 Å². The number of hydrogen-bond donors (Lipinski definition) is 1. The fraction of sp³-hybridized carbons (Fsp3) is 0.500. The van der Waals surface area contributed by atoms with Gasteiger partial charge < -0.3 is 14.2 Å². The van der Waals surface area contributed by atoms with E-state index >= 15 is 0 Å². The Kier molecular flexibility index (Phi) is 7.82. The summed E-state index contributed by atoms with van der Waals surface area (Å²) < 4.78 is 55.2. The lowest BCUT2D eigenvalue weighted by Gasteiger charge is -2.30. The third-order valence-corrected chi connectivity index (χ3v) is 4.63. The van der Waals surface area contributed by atoms with Crippen LogP contribution in [-0.2, 0) is 29.3 Å². The van der Waals surface area contributed by atoms with Crippen molar-refractivity contribution in [2.45, 2.75) is 51.5 Å². The normalized spacial score (nSPS) is 17.2. The molecule has 1 unspecified atom stereocenters. The number of alkyl halides is 3. The SMILES string of the molecule is CC(ON(C)O)C(=O)OCOC(=O)C1=Cc2cc(Cl)c(C(C)(C)C)cc2O[C@@H]1C(F)(F)F. The Bertz CT molecular complexity index is 910. The predicted molar refractivity (Wildman–Crippen MR) is 106 cm³/mol. The van der Waals surface area contributed by atoms with Gasteiger partial charge in [-0.15, -0.1) is 0 Å². The van der Waals surface area contributed by atoms with Gasteiger partial charge in [-0.25, -0.2) is 9.59 Å². The number of rotatable bonds is 6. The van der Waals surface area contributed by atoms with Crippen molar-refractivity contribution in [3.8, 4) is 5.75 Å². The van der Waals surface area contributed by atoms with Gasteiger partial charge in [0.2, 0.25) is 12.9 Å². The van der Waals surface area contributed by atoms with E-state index in [4.69, 9.17) is 21.5 Å². The Morgan fingerprint density at radius 3 is 2.41 bits per heavy atom. The van der Waals surface area contributed by atoms with Gasteiger partial charge in [0.1, 0.15) is 5.75 Å². The van der Waals surface area contributed by atoms with Crippen LogP contribution in [0.4, 0.5) is 13.2 Å². The third kappa shape index (κ3) is 6.35. The number of carbonyl (C=O) groups excluding carboxylic acids is 2. The Morgan fingerprint density at radius 1 is 1.25 bits per heavy atom. The van der Waals surface area contributed by atoms with Crippen molar-refractivity contribution in [1.29, 1.82) is 0 Å². The molecule has 1 aromatic rings. The molecule has 0 aliphatic carbocycles. The summed E-state index contributed by atoms with van der Waals surface area (Å²) in [5, 5.41) is 9.47. The second-order valence-electron chi connectivity index (χ2n) is 7.98. The maximum absolute atomic E-state index is 13.6. The number of fused-ring (bicyclic) bond motifs is 1. The summed E-state index contributed by atoms with van der Waals surface area (Å²) in [5.41, 5.74) is -0.544. The van der Waals surface area contributed by atoms with Gasteiger partial charge in [0, 0.05) is 17.6 Å². The van der Waals surface area contributed by atoms with Gasteiger partial charge in [0.15, 0.2) is 6.10 Å². The van der Waals surface area contributed by atoms with Crippen molar-refractivity contribution in [1.82, 2.24) is 5.23 Å². The zero-order valence-electron chi connectivity index (χ0n) is 17.9. The van der Waals surface area contributed by atoms with E-state index in [2.05, 4.69) is 14.3 Å². The number of hydroxylamine groups is 2. The predicted octanol–water partition coefficient (Wildman–Crippen LogP) is 4.03. The molecule has 1 aliphatic heterocycles. The molecular weight excluding hydrogens is 459 g/mol. The number of nitrogens with zero attached hydrogens (tertiary/aromatic N) is 1. The van der Waals surface area contributed by atoms with Crippen LogP contribution < -0.4 is 4.74 Å². The Labute approximate surface area is 187 Å². The van der Waals surface area contributed by atoms with Crippen LogP contribution in [0, 0.1) is 0 Å². The summed E-state index contributed by atoms with van der Waals surface area (Å²) in [5.74, 6) is -2.50. The largest absolute Gasteiger partial charge is 0.475 e. The summed E-state index contributed by atoms with van der Waals surface area (Å²) >= 11 is 6.27. The van der Waals surface area contributed by atoms with E-state index in [9.17, 15) is 22.8 Å². The molecule has 32 heavy (non-hydrogen) atoms. The molecule has 0 radical (unpaired) electrons. The lowest BCUT2D eigenvalue weighted by atomic mass is 9.85. The van der Waals surface area contributed by atoms with Crippen molar-refractivity contribution >= 4 is 29.6 Å². The molecule has 0 saturated carbocycles. The first-order valence-corrected chi connectivity index (χ1v) is 9.71. The minimum absolute atomic E-state index is 0.0799. The number of hydrogen-bond acceptors (Lipinski definition) is 8. The van der Waals surface area contributed by atoms with E-state index < -0.39 is 48.1 Å². The molecule has 1 aromatic carbocycles. The van der Waals surface area contributed by atoms with Crippen LogP contribution in [0.5, 0.6) is 5.75 Å². The van der Waals surface area contributed by atoms with Crippen LogP contribution in [0.25, 0.3) is 6.08 Å². The maximum atomic E-state index is 13.6. The highest BCUT2D eigenvalue weighted by molar-refractivity contribution is 6.31. The first-order valence-electron chi connectivity index (χ1n) is 9.33. The fourth-order valence-electron chi connectivity index (χ4n) is 2.81. The third-order valence-electron chi connectivity index (χ3n) is 4.31. The molecule has 2 rings (SSSR count). The Hall–Kier alpha value is -2.34. The average Bonchev–Trinajstić information content (AvgIpc) is 2.64. The molecule has 0 bridgehead atoms. The van der Waals surface area contributed by atoms with E-state index in [1.807, 2.05) is 20.8 Å². The van der Waals surface area contributed by atoms with Gasteiger partial charge in [-0.05, 0) is 36.1 Å². The summed E-state index contributed by atoms with van der Waals surface area (Å²) in [4.78, 5) is 28.6. The summed E-state index contributed by atoms with van der Waals surface area (Å²) in [6.45, 7) is 5.79. The van der Waals surface area contributed by atoms with Crippen molar-refractivity contribution in [2.24, 2.45) is 0 Å². The van der Waals surface area contributed by atoms with E-state index in [1.165, 1.54) is 19.1 Å². The molecule has 0 aromatic heterocycles. The minimum Gasteiger partial charge on any atom is -0.475 e. The number of esters is 2. The number of ether oxygens (including phenoxy) is 3. The molecule has 0 fully saturated rings. The molecule has 1 N–H and O–H groups in total. The zero-order chi connectivity index (χ0) is 24.4. The Morgan fingerprint density at radius 2 is 1.88 bits per heavy atom. The van der Waals surface area contributed by atoms with Crippen LogP contribution in [0.3, 0.4) is 0 Å². The molecular formula is C20H23ClF3NO7. The van der Waals surface area contributed by atoms with Gasteiger partial charge >= 0.3 is 18.1 Å². The second kappa shape index (κ2) is 9.65. The monoisotopic (exact) mass is 481 g/mol. The van der Waals surface area contributed by atoms with Crippen molar-refractivity contribution < 1.29 is 47.0 Å². The van der Waals surface area contributed by atoms with Crippen molar-refractivity contribution in [2.75, 3.05) is 13.8 Å². The van der Waals surface area contributed by atoms with Crippen LogP contribution in [0.1, 0.15) is 38.8 Å². The second-order valence-corrected chi connectivity index (χ2v) is 8.39. The topological polar surface area (TPSA) is 94.5 Å². The van der Waals surface area contributed by atoms with Crippen molar-refractivity contribution in [3.05, 3.63) is 33.9 Å².